The molecule has 1 aromatic rings. The van der Waals surface area contributed by atoms with Crippen molar-refractivity contribution in [1.82, 2.24) is 10.2 Å². The van der Waals surface area contributed by atoms with Gasteiger partial charge in [-0.15, -0.1) is 0 Å². The monoisotopic (exact) mass is 304 g/mol. The fourth-order valence-electron chi connectivity index (χ4n) is 2.50. The first-order chi connectivity index (χ1) is 10.5. The van der Waals surface area contributed by atoms with Gasteiger partial charge in [-0.3, -0.25) is 14.4 Å². The normalized spacial score (nSPS) is 16.9. The minimum Gasteiger partial charge on any atom is -0.480 e. The Hall–Kier alpha value is -2.37. The van der Waals surface area contributed by atoms with Crippen LogP contribution in [0.5, 0.6) is 0 Å². The number of piperidine rings is 1. The lowest BCUT2D eigenvalue weighted by Gasteiger charge is -2.31. The van der Waals surface area contributed by atoms with E-state index in [4.69, 9.17) is 5.11 Å². The number of carboxylic acid groups (broad SMARTS) is 1. The molecule has 22 heavy (non-hydrogen) atoms. The van der Waals surface area contributed by atoms with Crippen LogP contribution in [-0.2, 0) is 9.59 Å². The summed E-state index contributed by atoms with van der Waals surface area (Å²) in [7, 11) is 0. The second-order valence-corrected chi connectivity index (χ2v) is 5.50. The van der Waals surface area contributed by atoms with E-state index in [2.05, 4.69) is 5.32 Å². The van der Waals surface area contributed by atoms with Crippen LogP contribution in [0, 0.1) is 5.92 Å². The van der Waals surface area contributed by atoms with Crippen molar-refractivity contribution in [1.29, 1.82) is 0 Å². The third-order valence-electron chi connectivity index (χ3n) is 3.90. The van der Waals surface area contributed by atoms with Gasteiger partial charge < -0.3 is 15.3 Å². The smallest absolute Gasteiger partial charge is 0.325 e. The lowest BCUT2D eigenvalue weighted by Crippen LogP contribution is -2.46. The van der Waals surface area contributed by atoms with Crippen LogP contribution in [0.3, 0.4) is 0 Å². The van der Waals surface area contributed by atoms with Crippen LogP contribution in [0.25, 0.3) is 0 Å². The van der Waals surface area contributed by atoms with Gasteiger partial charge >= 0.3 is 5.97 Å². The zero-order valence-electron chi connectivity index (χ0n) is 12.5. The average molecular weight is 304 g/mol. The molecule has 0 unspecified atom stereocenters. The van der Waals surface area contributed by atoms with Crippen LogP contribution < -0.4 is 5.32 Å². The number of hydrogen-bond acceptors (Lipinski definition) is 3. The summed E-state index contributed by atoms with van der Waals surface area (Å²) >= 11 is 0. The molecule has 1 atom stereocenters. The third-order valence-corrected chi connectivity index (χ3v) is 3.90. The van der Waals surface area contributed by atoms with Crippen molar-refractivity contribution in [3.05, 3.63) is 35.9 Å². The molecule has 1 saturated heterocycles. The number of nitrogens with zero attached hydrogens (tertiary/aromatic N) is 1. The molecule has 0 spiro atoms. The minimum atomic E-state index is -1.05. The van der Waals surface area contributed by atoms with Crippen molar-refractivity contribution in [2.45, 2.75) is 25.8 Å². The van der Waals surface area contributed by atoms with E-state index in [9.17, 15) is 14.4 Å². The number of nitrogens with one attached hydrogen (secondary N) is 1. The molecule has 0 bridgehead atoms. The van der Waals surface area contributed by atoms with Gasteiger partial charge in [0.05, 0.1) is 0 Å². The Kier molecular flexibility index (Phi) is 5.14. The Labute approximate surface area is 129 Å². The summed E-state index contributed by atoms with van der Waals surface area (Å²) in [5.74, 6) is -1.56. The quantitative estimate of drug-likeness (QED) is 0.873. The highest BCUT2D eigenvalue weighted by molar-refractivity contribution is 5.94. The van der Waals surface area contributed by atoms with Gasteiger partial charge in [-0.25, -0.2) is 0 Å². The lowest BCUT2D eigenvalue weighted by atomic mass is 9.95. The number of carbonyl (C=O) groups excluding carboxylic acids is 2. The van der Waals surface area contributed by atoms with E-state index in [1.54, 1.807) is 17.0 Å². The van der Waals surface area contributed by atoms with Crippen molar-refractivity contribution in [3.8, 4) is 0 Å². The highest BCUT2D eigenvalue weighted by Gasteiger charge is 2.29. The number of rotatable bonds is 4. The minimum absolute atomic E-state index is 0.0293. The summed E-state index contributed by atoms with van der Waals surface area (Å²) < 4.78 is 0. The highest BCUT2D eigenvalue weighted by Crippen LogP contribution is 2.19. The Morgan fingerprint density at radius 2 is 1.77 bits per heavy atom. The lowest BCUT2D eigenvalue weighted by molar-refractivity contribution is -0.142. The predicted molar refractivity (Wildman–Crippen MR) is 80.3 cm³/mol. The first kappa shape index (κ1) is 16.0. The molecule has 1 heterocycles. The number of hydrogen-bond donors (Lipinski definition) is 2. The predicted octanol–water partition coefficient (Wildman–Crippen LogP) is 1.13. The molecule has 6 nitrogen and oxygen atoms in total. The molecule has 1 aliphatic rings. The maximum atomic E-state index is 12.3. The fraction of sp³-hybridized carbons (Fsp3) is 0.438. The van der Waals surface area contributed by atoms with Crippen molar-refractivity contribution >= 4 is 17.8 Å². The van der Waals surface area contributed by atoms with E-state index in [1.165, 1.54) is 6.92 Å². The summed E-state index contributed by atoms with van der Waals surface area (Å²) in [5, 5.41) is 11.3. The molecule has 0 saturated carbocycles. The molecule has 0 aliphatic carbocycles. The van der Waals surface area contributed by atoms with Gasteiger partial charge in [-0.05, 0) is 31.9 Å². The summed E-state index contributed by atoms with van der Waals surface area (Å²) in [4.78, 5) is 36.8. The van der Waals surface area contributed by atoms with E-state index in [0.29, 0.717) is 31.5 Å². The Morgan fingerprint density at radius 1 is 1.18 bits per heavy atom. The first-order valence-electron chi connectivity index (χ1n) is 7.36. The zero-order valence-corrected chi connectivity index (χ0v) is 12.5. The Bertz CT molecular complexity index is 551. The molecule has 2 rings (SSSR count). The topological polar surface area (TPSA) is 86.7 Å². The molecule has 0 aromatic heterocycles. The van der Waals surface area contributed by atoms with Crippen molar-refractivity contribution < 1.29 is 19.5 Å². The van der Waals surface area contributed by atoms with Crippen LogP contribution in [0.15, 0.2) is 30.3 Å². The van der Waals surface area contributed by atoms with Crippen molar-refractivity contribution in [3.63, 3.8) is 0 Å². The number of carbonyl (C=O) groups is 3. The van der Waals surface area contributed by atoms with E-state index in [-0.39, 0.29) is 17.7 Å². The number of likely N-dealkylation sites (tertiary alicyclic amines) is 1. The molecular weight excluding hydrogens is 284 g/mol. The molecule has 1 aliphatic heterocycles. The summed E-state index contributed by atoms with van der Waals surface area (Å²) in [6.07, 6.45) is 1.10. The van der Waals surface area contributed by atoms with Gasteiger partial charge in [0.2, 0.25) is 5.91 Å². The van der Waals surface area contributed by atoms with Gasteiger partial charge in [0.1, 0.15) is 6.04 Å². The highest BCUT2D eigenvalue weighted by atomic mass is 16.4. The zero-order chi connectivity index (χ0) is 16.1. The molecule has 2 N–H and O–H groups in total. The van der Waals surface area contributed by atoms with E-state index in [0.717, 1.165) is 0 Å². The SMILES string of the molecule is C[C@@H](NC(=O)C1CCN(C(=O)c2ccccc2)CC1)C(=O)O. The Morgan fingerprint density at radius 3 is 2.32 bits per heavy atom. The fourth-order valence-corrected chi connectivity index (χ4v) is 2.50. The van der Waals surface area contributed by atoms with Crippen molar-refractivity contribution in [2.24, 2.45) is 5.92 Å². The van der Waals surface area contributed by atoms with Gasteiger partial charge in [0.25, 0.3) is 5.91 Å². The molecule has 1 aromatic carbocycles. The summed E-state index contributed by atoms with van der Waals surface area (Å²) in [5.41, 5.74) is 0.643. The molecule has 6 heteroatoms. The van der Waals surface area contributed by atoms with Crippen LogP contribution in [0.1, 0.15) is 30.1 Å². The van der Waals surface area contributed by atoms with Crippen LogP contribution in [0.4, 0.5) is 0 Å². The summed E-state index contributed by atoms with van der Waals surface area (Å²) in [6.45, 7) is 2.45. The third kappa shape index (κ3) is 3.84. The van der Waals surface area contributed by atoms with Gasteiger partial charge in [-0.1, -0.05) is 18.2 Å². The first-order valence-corrected chi connectivity index (χ1v) is 7.36. The largest absolute Gasteiger partial charge is 0.480 e. The second-order valence-electron chi connectivity index (χ2n) is 5.50. The van der Waals surface area contributed by atoms with Gasteiger partial charge in [-0.2, -0.15) is 0 Å². The molecule has 1 fully saturated rings. The van der Waals surface area contributed by atoms with E-state index in [1.807, 2.05) is 18.2 Å². The average Bonchev–Trinajstić information content (AvgIpc) is 2.55. The molecule has 2 amide bonds. The van der Waals surface area contributed by atoms with Gasteiger partial charge in [0, 0.05) is 24.6 Å². The molecule has 0 radical (unpaired) electrons. The van der Waals surface area contributed by atoms with Crippen molar-refractivity contribution in [2.75, 3.05) is 13.1 Å². The number of aliphatic carboxylic acids is 1. The molecule has 118 valence electrons. The van der Waals surface area contributed by atoms with Gasteiger partial charge in [0.15, 0.2) is 0 Å². The maximum absolute atomic E-state index is 12.3. The van der Waals surface area contributed by atoms with Crippen LogP contribution in [0.2, 0.25) is 0 Å². The van der Waals surface area contributed by atoms with Crippen LogP contribution in [-0.4, -0.2) is 46.9 Å². The number of carboxylic acids is 1. The van der Waals surface area contributed by atoms with E-state index >= 15 is 0 Å². The standard InChI is InChI=1S/C16H20N2O4/c1-11(16(21)22)17-14(19)12-7-9-18(10-8-12)15(20)13-5-3-2-4-6-13/h2-6,11-12H,7-10H2,1H3,(H,17,19)(H,21,22)/t11-/m1/s1. The molecular formula is C16H20N2O4. The Balaban J connectivity index is 1.86. The number of benzene rings is 1. The van der Waals surface area contributed by atoms with Crippen LogP contribution >= 0.6 is 0 Å². The number of amides is 2. The maximum Gasteiger partial charge on any atom is 0.325 e. The second kappa shape index (κ2) is 7.06. The summed E-state index contributed by atoms with van der Waals surface area (Å²) in [6, 6.07) is 8.15. The van der Waals surface area contributed by atoms with E-state index < -0.39 is 12.0 Å².